The highest BCUT2D eigenvalue weighted by Gasteiger charge is 2.23. The molecular formula is C18H19N5OS. The number of amides is 1. The second-order valence-electron chi connectivity index (χ2n) is 6.12. The van der Waals surface area contributed by atoms with Crippen LogP contribution in [0, 0.1) is 0 Å². The molecule has 7 heteroatoms. The SMILES string of the molecule is Nc1ccc(CC(=O)N2CCN(c3ncnc4sccc34)CC2)cc1. The third kappa shape index (κ3) is 3.28. The molecule has 1 saturated heterocycles. The number of aromatic nitrogens is 2. The van der Waals surface area contributed by atoms with E-state index in [0.29, 0.717) is 19.5 Å². The van der Waals surface area contributed by atoms with Crippen molar-refractivity contribution in [1.82, 2.24) is 14.9 Å². The van der Waals surface area contributed by atoms with E-state index in [4.69, 9.17) is 5.73 Å². The number of nitrogens with zero attached hydrogens (tertiary/aromatic N) is 4. The summed E-state index contributed by atoms with van der Waals surface area (Å²) >= 11 is 1.62. The van der Waals surface area contributed by atoms with Gasteiger partial charge in [-0.3, -0.25) is 4.79 Å². The number of rotatable bonds is 3. The van der Waals surface area contributed by atoms with Gasteiger partial charge in [0.05, 0.1) is 11.8 Å². The number of benzene rings is 1. The van der Waals surface area contributed by atoms with E-state index in [-0.39, 0.29) is 5.91 Å². The molecule has 3 aromatic rings. The Hall–Kier alpha value is -2.67. The Morgan fingerprint density at radius 3 is 2.60 bits per heavy atom. The average Bonchev–Trinajstić information content (AvgIpc) is 3.12. The van der Waals surface area contributed by atoms with Crippen LogP contribution in [0.25, 0.3) is 10.2 Å². The molecule has 1 aromatic carbocycles. The maximum absolute atomic E-state index is 12.5. The van der Waals surface area contributed by atoms with Gasteiger partial charge in [0.15, 0.2) is 0 Å². The van der Waals surface area contributed by atoms with Crippen molar-refractivity contribution in [2.24, 2.45) is 0 Å². The van der Waals surface area contributed by atoms with Crippen LogP contribution in [0.4, 0.5) is 11.5 Å². The fourth-order valence-electron chi connectivity index (χ4n) is 3.12. The summed E-state index contributed by atoms with van der Waals surface area (Å²) in [5.74, 6) is 1.13. The number of nitrogens with two attached hydrogens (primary N) is 1. The predicted octanol–water partition coefficient (Wildman–Crippen LogP) is 2.16. The molecular weight excluding hydrogens is 334 g/mol. The van der Waals surface area contributed by atoms with Gasteiger partial charge < -0.3 is 15.5 Å². The first-order valence-electron chi connectivity index (χ1n) is 8.26. The molecule has 1 fully saturated rings. The summed E-state index contributed by atoms with van der Waals surface area (Å²) in [5.41, 5.74) is 7.41. The molecule has 25 heavy (non-hydrogen) atoms. The van der Waals surface area contributed by atoms with E-state index < -0.39 is 0 Å². The number of nitrogen functional groups attached to an aromatic ring is 1. The molecule has 0 spiro atoms. The topological polar surface area (TPSA) is 75.4 Å². The van der Waals surface area contributed by atoms with Gasteiger partial charge in [0.2, 0.25) is 5.91 Å². The van der Waals surface area contributed by atoms with E-state index in [1.54, 1.807) is 17.7 Å². The summed E-state index contributed by atoms with van der Waals surface area (Å²) in [5, 5.41) is 3.13. The third-order valence-electron chi connectivity index (χ3n) is 4.51. The van der Waals surface area contributed by atoms with Crippen LogP contribution in [0.1, 0.15) is 5.56 Å². The molecule has 128 valence electrons. The average molecular weight is 353 g/mol. The normalized spacial score (nSPS) is 14.9. The number of anilines is 2. The number of carbonyl (C=O) groups excluding carboxylic acids is 1. The highest BCUT2D eigenvalue weighted by atomic mass is 32.1. The van der Waals surface area contributed by atoms with E-state index in [0.717, 1.165) is 40.4 Å². The molecule has 0 bridgehead atoms. The van der Waals surface area contributed by atoms with Gasteiger partial charge in [0, 0.05) is 31.9 Å². The van der Waals surface area contributed by atoms with Crippen LogP contribution >= 0.6 is 11.3 Å². The zero-order chi connectivity index (χ0) is 17.2. The van der Waals surface area contributed by atoms with Crippen molar-refractivity contribution in [2.45, 2.75) is 6.42 Å². The third-order valence-corrected chi connectivity index (χ3v) is 5.33. The number of fused-ring (bicyclic) bond motifs is 1. The zero-order valence-electron chi connectivity index (χ0n) is 13.8. The first-order chi connectivity index (χ1) is 12.2. The second-order valence-corrected chi connectivity index (χ2v) is 7.02. The van der Waals surface area contributed by atoms with E-state index in [1.165, 1.54) is 0 Å². The van der Waals surface area contributed by atoms with Crippen molar-refractivity contribution in [2.75, 3.05) is 36.8 Å². The molecule has 1 aliphatic rings. The molecule has 0 aliphatic carbocycles. The van der Waals surface area contributed by atoms with E-state index >= 15 is 0 Å². The van der Waals surface area contributed by atoms with E-state index in [9.17, 15) is 4.79 Å². The summed E-state index contributed by atoms with van der Waals surface area (Å²) in [6.45, 7) is 3.00. The van der Waals surface area contributed by atoms with Crippen molar-refractivity contribution >= 4 is 39.0 Å². The van der Waals surface area contributed by atoms with Gasteiger partial charge in [0.1, 0.15) is 17.0 Å². The Bertz CT molecular complexity index is 884. The summed E-state index contributed by atoms with van der Waals surface area (Å²) in [6.07, 6.45) is 2.04. The lowest BCUT2D eigenvalue weighted by atomic mass is 10.1. The molecule has 2 aromatic heterocycles. The molecule has 0 radical (unpaired) electrons. The first kappa shape index (κ1) is 15.8. The first-order valence-corrected chi connectivity index (χ1v) is 9.14. The minimum atomic E-state index is 0.160. The molecule has 1 aliphatic heterocycles. The number of thiophene rings is 1. The summed E-state index contributed by atoms with van der Waals surface area (Å²) in [6, 6.07) is 9.56. The van der Waals surface area contributed by atoms with Gasteiger partial charge in [-0.1, -0.05) is 12.1 Å². The lowest BCUT2D eigenvalue weighted by molar-refractivity contribution is -0.130. The van der Waals surface area contributed by atoms with Crippen molar-refractivity contribution in [3.8, 4) is 0 Å². The van der Waals surface area contributed by atoms with Crippen molar-refractivity contribution in [3.05, 3.63) is 47.6 Å². The van der Waals surface area contributed by atoms with Gasteiger partial charge in [-0.05, 0) is 29.1 Å². The van der Waals surface area contributed by atoms with Crippen LogP contribution in [-0.2, 0) is 11.2 Å². The minimum Gasteiger partial charge on any atom is -0.399 e. The van der Waals surface area contributed by atoms with E-state index in [2.05, 4.69) is 20.9 Å². The molecule has 0 saturated carbocycles. The van der Waals surface area contributed by atoms with Crippen LogP contribution in [0.15, 0.2) is 42.0 Å². The number of piperazine rings is 1. The smallest absolute Gasteiger partial charge is 0.227 e. The molecule has 0 atom stereocenters. The van der Waals surface area contributed by atoms with Crippen molar-refractivity contribution < 1.29 is 4.79 Å². The Kier molecular flexibility index (Phi) is 4.23. The Morgan fingerprint density at radius 2 is 1.84 bits per heavy atom. The molecule has 0 unspecified atom stereocenters. The van der Waals surface area contributed by atoms with Gasteiger partial charge in [-0.2, -0.15) is 0 Å². The minimum absolute atomic E-state index is 0.160. The lowest BCUT2D eigenvalue weighted by Gasteiger charge is -2.35. The summed E-state index contributed by atoms with van der Waals surface area (Å²) < 4.78 is 0. The van der Waals surface area contributed by atoms with Crippen LogP contribution in [0.3, 0.4) is 0 Å². The van der Waals surface area contributed by atoms with Gasteiger partial charge in [-0.15, -0.1) is 11.3 Å². The van der Waals surface area contributed by atoms with Crippen molar-refractivity contribution in [3.63, 3.8) is 0 Å². The Balaban J connectivity index is 1.40. The maximum Gasteiger partial charge on any atom is 0.227 e. The summed E-state index contributed by atoms with van der Waals surface area (Å²) in [7, 11) is 0. The van der Waals surface area contributed by atoms with Crippen LogP contribution in [0.2, 0.25) is 0 Å². The zero-order valence-corrected chi connectivity index (χ0v) is 14.6. The molecule has 4 rings (SSSR count). The number of hydrogen-bond donors (Lipinski definition) is 1. The van der Waals surface area contributed by atoms with Gasteiger partial charge in [-0.25, -0.2) is 9.97 Å². The second kappa shape index (κ2) is 6.68. The Morgan fingerprint density at radius 1 is 1.08 bits per heavy atom. The van der Waals surface area contributed by atoms with Crippen LogP contribution < -0.4 is 10.6 Å². The molecule has 6 nitrogen and oxygen atoms in total. The van der Waals surface area contributed by atoms with Gasteiger partial charge in [0.25, 0.3) is 0 Å². The molecule has 3 heterocycles. The molecule has 1 amide bonds. The quantitative estimate of drug-likeness (QED) is 0.731. The largest absolute Gasteiger partial charge is 0.399 e. The van der Waals surface area contributed by atoms with E-state index in [1.807, 2.05) is 34.5 Å². The monoisotopic (exact) mass is 353 g/mol. The van der Waals surface area contributed by atoms with Gasteiger partial charge >= 0.3 is 0 Å². The molecule has 2 N–H and O–H groups in total. The fourth-order valence-corrected chi connectivity index (χ4v) is 3.85. The maximum atomic E-state index is 12.5. The summed E-state index contributed by atoms with van der Waals surface area (Å²) in [4.78, 5) is 26.4. The highest BCUT2D eigenvalue weighted by Crippen LogP contribution is 2.27. The number of carbonyl (C=O) groups is 1. The number of hydrogen-bond acceptors (Lipinski definition) is 6. The Labute approximate surface area is 149 Å². The van der Waals surface area contributed by atoms with Crippen molar-refractivity contribution in [1.29, 1.82) is 0 Å². The predicted molar refractivity (Wildman–Crippen MR) is 101 cm³/mol. The standard InChI is InChI=1S/C18H19N5OS/c19-14-3-1-13(2-4-14)11-16(24)22-6-8-23(9-7-22)17-15-5-10-25-18(15)21-12-20-17/h1-5,10,12H,6-9,11,19H2. The lowest BCUT2D eigenvalue weighted by Crippen LogP contribution is -2.49. The fraction of sp³-hybridized carbons (Fsp3) is 0.278. The van der Waals surface area contributed by atoms with Crippen LogP contribution in [0.5, 0.6) is 0 Å². The highest BCUT2D eigenvalue weighted by molar-refractivity contribution is 7.16. The van der Waals surface area contributed by atoms with Crippen LogP contribution in [-0.4, -0.2) is 47.0 Å².